The molecule has 1 aromatic carbocycles. The minimum atomic E-state index is -0.258. The van der Waals surface area contributed by atoms with Gasteiger partial charge >= 0.3 is 0 Å². The average molecular weight is 460 g/mol. The lowest BCUT2D eigenvalue weighted by Crippen LogP contribution is -2.18. The van der Waals surface area contributed by atoms with Gasteiger partial charge in [-0.15, -0.1) is 11.3 Å². The van der Waals surface area contributed by atoms with E-state index in [4.69, 9.17) is 4.42 Å². The normalized spacial score (nSPS) is 11.4. The molecule has 28 heavy (non-hydrogen) atoms. The highest BCUT2D eigenvalue weighted by molar-refractivity contribution is 9.11. The zero-order valence-electron chi connectivity index (χ0n) is 15.3. The summed E-state index contributed by atoms with van der Waals surface area (Å²) in [6.45, 7) is 1.68. The Morgan fingerprint density at radius 3 is 2.93 bits per heavy atom. The van der Waals surface area contributed by atoms with Crippen LogP contribution in [0.4, 0.5) is 5.69 Å². The molecule has 0 saturated carbocycles. The molecule has 3 heterocycles. The number of nitrogens with zero attached hydrogens (tertiary/aromatic N) is 4. The summed E-state index contributed by atoms with van der Waals surface area (Å²) in [4.78, 5) is 18.9. The molecular formula is C19H18BrN5O2S. The Kier molecular flexibility index (Phi) is 5.29. The van der Waals surface area contributed by atoms with E-state index in [0.717, 1.165) is 35.1 Å². The van der Waals surface area contributed by atoms with E-state index < -0.39 is 0 Å². The number of likely N-dealkylation sites (N-methyl/N-ethyl adjacent to an activating group) is 1. The molecule has 0 unspecified atom stereocenters. The first-order valence-electron chi connectivity index (χ1n) is 8.60. The second-order valence-electron chi connectivity index (χ2n) is 6.60. The van der Waals surface area contributed by atoms with Gasteiger partial charge in [-0.2, -0.15) is 5.10 Å². The lowest BCUT2D eigenvalue weighted by molar-refractivity contribution is 0.102. The Morgan fingerprint density at radius 2 is 2.25 bits per heavy atom. The lowest BCUT2D eigenvalue weighted by Gasteiger charge is -2.09. The van der Waals surface area contributed by atoms with Crippen LogP contribution in [-0.4, -0.2) is 46.2 Å². The molecule has 0 aliphatic rings. The summed E-state index contributed by atoms with van der Waals surface area (Å²) < 4.78 is 7.83. The van der Waals surface area contributed by atoms with Crippen LogP contribution < -0.4 is 5.32 Å². The largest absolute Gasteiger partial charge is 0.472 e. The van der Waals surface area contributed by atoms with Crippen LogP contribution in [0.25, 0.3) is 22.0 Å². The molecule has 0 bridgehead atoms. The van der Waals surface area contributed by atoms with Gasteiger partial charge < -0.3 is 14.6 Å². The second kappa shape index (κ2) is 7.86. The molecule has 0 saturated heterocycles. The summed E-state index contributed by atoms with van der Waals surface area (Å²) in [6, 6.07) is 5.77. The first-order chi connectivity index (χ1) is 13.5. The van der Waals surface area contributed by atoms with Crippen molar-refractivity contribution in [3.8, 4) is 11.1 Å². The van der Waals surface area contributed by atoms with Crippen molar-refractivity contribution in [3.05, 3.63) is 51.9 Å². The van der Waals surface area contributed by atoms with Crippen LogP contribution in [0.3, 0.4) is 0 Å². The standard InChI is InChI=1S/C19H18BrN5O2S/c1-24(2)4-5-25-9-13-7-16(21-18(26)17-11-28-19(20)22-17)14(8-15(13)23-25)12-3-6-27-10-12/h3,6-11H,4-5H2,1-2H3,(H,21,26). The predicted octanol–water partition coefficient (Wildman–Crippen LogP) is 4.33. The Labute approximate surface area is 174 Å². The zero-order chi connectivity index (χ0) is 19.7. The van der Waals surface area contributed by atoms with Crippen molar-refractivity contribution >= 4 is 49.8 Å². The number of aromatic nitrogens is 3. The minimum absolute atomic E-state index is 0.258. The van der Waals surface area contributed by atoms with E-state index in [0.29, 0.717) is 15.3 Å². The molecule has 144 valence electrons. The van der Waals surface area contributed by atoms with Crippen LogP contribution in [0.1, 0.15) is 10.5 Å². The molecule has 9 heteroatoms. The number of hydrogen-bond acceptors (Lipinski definition) is 6. The highest BCUT2D eigenvalue weighted by Crippen LogP contribution is 2.33. The first kappa shape index (κ1) is 18.9. The summed E-state index contributed by atoms with van der Waals surface area (Å²) in [5.74, 6) is -0.258. The summed E-state index contributed by atoms with van der Waals surface area (Å²) in [6.07, 6.45) is 5.25. The third kappa shape index (κ3) is 4.01. The molecule has 3 aromatic heterocycles. The molecule has 0 spiro atoms. The maximum absolute atomic E-state index is 12.6. The SMILES string of the molecule is CN(C)CCn1cc2cc(NC(=O)c3csc(Br)n3)c(-c3ccoc3)cc2n1. The lowest BCUT2D eigenvalue weighted by atomic mass is 10.0. The number of anilines is 1. The molecule has 0 fully saturated rings. The van der Waals surface area contributed by atoms with Crippen LogP contribution >= 0.6 is 27.3 Å². The Bertz CT molecular complexity index is 1120. The number of carbonyl (C=O) groups excluding carboxylic acids is 1. The van der Waals surface area contributed by atoms with Crippen LogP contribution in [0.2, 0.25) is 0 Å². The van der Waals surface area contributed by atoms with Crippen molar-refractivity contribution in [2.45, 2.75) is 6.54 Å². The summed E-state index contributed by atoms with van der Waals surface area (Å²) in [7, 11) is 4.06. The maximum atomic E-state index is 12.6. The summed E-state index contributed by atoms with van der Waals surface area (Å²) in [5.41, 5.74) is 3.65. The number of thiazole rings is 1. The number of carbonyl (C=O) groups is 1. The number of hydrogen-bond donors (Lipinski definition) is 1. The van der Waals surface area contributed by atoms with Crippen molar-refractivity contribution in [1.29, 1.82) is 0 Å². The van der Waals surface area contributed by atoms with Gasteiger partial charge in [-0.1, -0.05) is 0 Å². The van der Waals surface area contributed by atoms with E-state index in [1.54, 1.807) is 17.9 Å². The minimum Gasteiger partial charge on any atom is -0.472 e. The fourth-order valence-electron chi connectivity index (χ4n) is 2.84. The van der Waals surface area contributed by atoms with E-state index in [2.05, 4.69) is 36.2 Å². The van der Waals surface area contributed by atoms with Gasteiger partial charge in [-0.05, 0) is 48.2 Å². The molecule has 4 rings (SSSR count). The number of nitrogens with one attached hydrogen (secondary N) is 1. The smallest absolute Gasteiger partial charge is 0.275 e. The number of fused-ring (bicyclic) bond motifs is 1. The van der Waals surface area contributed by atoms with Gasteiger partial charge in [-0.3, -0.25) is 9.48 Å². The molecule has 0 radical (unpaired) electrons. The van der Waals surface area contributed by atoms with Crippen LogP contribution in [0, 0.1) is 0 Å². The fraction of sp³-hybridized carbons (Fsp3) is 0.211. The number of benzene rings is 1. The molecule has 0 aliphatic carbocycles. The third-order valence-electron chi connectivity index (χ3n) is 4.26. The molecule has 0 aliphatic heterocycles. The number of rotatable bonds is 6. The quantitative estimate of drug-likeness (QED) is 0.464. The van der Waals surface area contributed by atoms with E-state index in [1.807, 2.05) is 43.2 Å². The molecule has 1 N–H and O–H groups in total. The maximum Gasteiger partial charge on any atom is 0.275 e. The number of amides is 1. The topological polar surface area (TPSA) is 76.2 Å². The highest BCUT2D eigenvalue weighted by Gasteiger charge is 2.16. The first-order valence-corrected chi connectivity index (χ1v) is 10.3. The van der Waals surface area contributed by atoms with Crippen LogP contribution in [0.5, 0.6) is 0 Å². The Hall–Kier alpha value is -2.49. The van der Waals surface area contributed by atoms with Gasteiger partial charge in [0.1, 0.15) is 5.69 Å². The highest BCUT2D eigenvalue weighted by atomic mass is 79.9. The van der Waals surface area contributed by atoms with Crippen molar-refractivity contribution in [1.82, 2.24) is 19.7 Å². The van der Waals surface area contributed by atoms with Crippen molar-refractivity contribution in [2.24, 2.45) is 0 Å². The monoisotopic (exact) mass is 459 g/mol. The van der Waals surface area contributed by atoms with E-state index in [-0.39, 0.29) is 5.91 Å². The van der Waals surface area contributed by atoms with E-state index in [1.165, 1.54) is 11.3 Å². The second-order valence-corrected chi connectivity index (χ2v) is 8.74. The zero-order valence-corrected chi connectivity index (χ0v) is 17.7. The van der Waals surface area contributed by atoms with Gasteiger partial charge in [0.25, 0.3) is 5.91 Å². The van der Waals surface area contributed by atoms with Crippen molar-refractivity contribution in [3.63, 3.8) is 0 Å². The van der Waals surface area contributed by atoms with E-state index in [9.17, 15) is 4.79 Å². The average Bonchev–Trinajstić information content (AvgIpc) is 3.39. The fourth-order valence-corrected chi connectivity index (χ4v) is 3.83. The summed E-state index contributed by atoms with van der Waals surface area (Å²) >= 11 is 4.66. The van der Waals surface area contributed by atoms with Crippen molar-refractivity contribution < 1.29 is 9.21 Å². The van der Waals surface area contributed by atoms with Gasteiger partial charge in [0.05, 0.1) is 24.6 Å². The number of furan rings is 1. The summed E-state index contributed by atoms with van der Waals surface area (Å²) in [5, 5.41) is 10.3. The number of halogens is 1. The van der Waals surface area contributed by atoms with Crippen LogP contribution in [0.15, 0.2) is 50.6 Å². The molecule has 4 aromatic rings. The molecule has 7 nitrogen and oxygen atoms in total. The molecule has 1 amide bonds. The van der Waals surface area contributed by atoms with Gasteiger partial charge in [-0.25, -0.2) is 4.98 Å². The van der Waals surface area contributed by atoms with E-state index >= 15 is 0 Å². The Balaban J connectivity index is 1.72. The van der Waals surface area contributed by atoms with Gasteiger partial charge in [0.15, 0.2) is 3.92 Å². The molecule has 0 atom stereocenters. The molecular weight excluding hydrogens is 442 g/mol. The Morgan fingerprint density at radius 1 is 1.39 bits per heavy atom. The van der Waals surface area contributed by atoms with Gasteiger partial charge in [0, 0.05) is 40.3 Å². The predicted molar refractivity (Wildman–Crippen MR) is 114 cm³/mol. The van der Waals surface area contributed by atoms with Gasteiger partial charge in [0.2, 0.25) is 0 Å². The third-order valence-corrected chi connectivity index (χ3v) is 5.62. The van der Waals surface area contributed by atoms with Crippen LogP contribution in [-0.2, 0) is 6.54 Å². The van der Waals surface area contributed by atoms with Crippen molar-refractivity contribution in [2.75, 3.05) is 26.0 Å².